The monoisotopic (exact) mass is 686 g/mol. The van der Waals surface area contributed by atoms with Crippen molar-refractivity contribution in [3.05, 3.63) is 192 Å². The van der Waals surface area contributed by atoms with Crippen LogP contribution in [-0.4, -0.2) is 11.9 Å². The Labute approximate surface area is 307 Å². The molecule has 0 N–H and O–H groups in total. The van der Waals surface area contributed by atoms with Crippen LogP contribution in [-0.2, 0) is 15.0 Å². The topological polar surface area (TPSA) is 52.6 Å². The standard InChI is InChI=1S/C49H34O4/c1-29(2)47(50)52-39-21-15-33-25-37(19-13-35(33)27-39)49(38-20-14-36-28-40(22-16-34(36)26-38)53-48(51)30(3)4)45-41-11-7-5-9-31(41)17-23-43(45)44-24-18-32-10-6-8-12-42(32)46(44)49/h5-28H,1,3H2,2,4H3. The zero-order valence-electron chi connectivity index (χ0n) is 29.4. The molecule has 8 aromatic rings. The SMILES string of the molecule is C=C(C)C(=O)Oc1ccc2cc(C3(c4ccc5cc(OC(=O)C(=C)C)ccc5c4)c4c(ccc5ccccc45)-c4ccc5ccccc5c43)ccc2c1. The predicted molar refractivity (Wildman–Crippen MR) is 215 cm³/mol. The highest BCUT2D eigenvalue weighted by Crippen LogP contribution is 2.60. The fourth-order valence-electron chi connectivity index (χ4n) is 8.10. The van der Waals surface area contributed by atoms with Crippen molar-refractivity contribution in [3.8, 4) is 22.6 Å². The first-order valence-corrected chi connectivity index (χ1v) is 17.6. The summed E-state index contributed by atoms with van der Waals surface area (Å²) in [7, 11) is 0. The number of rotatable bonds is 6. The first-order chi connectivity index (χ1) is 25.7. The number of carbonyl (C=O) groups excluding carboxylic acids is 2. The molecule has 4 heteroatoms. The summed E-state index contributed by atoms with van der Waals surface area (Å²) in [4.78, 5) is 24.7. The van der Waals surface area contributed by atoms with Gasteiger partial charge in [0, 0.05) is 11.1 Å². The van der Waals surface area contributed by atoms with E-state index in [9.17, 15) is 9.59 Å². The van der Waals surface area contributed by atoms with Gasteiger partial charge < -0.3 is 9.47 Å². The van der Waals surface area contributed by atoms with Crippen LogP contribution in [0.4, 0.5) is 0 Å². The van der Waals surface area contributed by atoms with E-state index in [-0.39, 0.29) is 0 Å². The van der Waals surface area contributed by atoms with Crippen LogP contribution in [0.15, 0.2) is 170 Å². The van der Waals surface area contributed by atoms with Gasteiger partial charge in [-0.1, -0.05) is 122 Å². The van der Waals surface area contributed by atoms with Crippen LogP contribution in [0.2, 0.25) is 0 Å². The molecule has 1 aliphatic carbocycles. The Morgan fingerprint density at radius 1 is 0.453 bits per heavy atom. The van der Waals surface area contributed by atoms with E-state index < -0.39 is 17.4 Å². The number of benzene rings is 8. The maximum absolute atomic E-state index is 12.4. The number of esters is 2. The molecule has 0 unspecified atom stereocenters. The van der Waals surface area contributed by atoms with Crippen LogP contribution in [0.25, 0.3) is 54.2 Å². The van der Waals surface area contributed by atoms with Crippen molar-refractivity contribution >= 4 is 55.0 Å². The molecule has 8 aromatic carbocycles. The Morgan fingerprint density at radius 3 is 1.26 bits per heavy atom. The van der Waals surface area contributed by atoms with Crippen LogP contribution >= 0.6 is 0 Å². The van der Waals surface area contributed by atoms with Gasteiger partial charge in [0.2, 0.25) is 0 Å². The third-order valence-corrected chi connectivity index (χ3v) is 10.5. The molecule has 0 spiro atoms. The molecule has 0 radical (unpaired) electrons. The van der Waals surface area contributed by atoms with Crippen molar-refractivity contribution in [1.29, 1.82) is 0 Å². The fraction of sp³-hybridized carbons (Fsp3) is 0.0612. The highest BCUT2D eigenvalue weighted by atomic mass is 16.5. The lowest BCUT2D eigenvalue weighted by molar-refractivity contribution is -0.130. The second kappa shape index (κ2) is 12.2. The second-order valence-electron chi connectivity index (χ2n) is 14.0. The number of hydrogen-bond donors (Lipinski definition) is 0. The first-order valence-electron chi connectivity index (χ1n) is 17.6. The van der Waals surface area contributed by atoms with Gasteiger partial charge in [0.05, 0.1) is 5.41 Å². The predicted octanol–water partition coefficient (Wildman–Crippen LogP) is 11.6. The Hall–Kier alpha value is -6.78. The molecule has 0 heterocycles. The van der Waals surface area contributed by atoms with Gasteiger partial charge in [-0.25, -0.2) is 9.59 Å². The highest BCUT2D eigenvalue weighted by Gasteiger charge is 2.48. The molecule has 0 bridgehead atoms. The van der Waals surface area contributed by atoms with Gasteiger partial charge in [-0.05, 0) is 127 Å². The van der Waals surface area contributed by atoms with E-state index in [1.165, 1.54) is 43.8 Å². The van der Waals surface area contributed by atoms with Crippen LogP contribution in [0.5, 0.6) is 11.5 Å². The van der Waals surface area contributed by atoms with E-state index in [0.717, 1.165) is 32.7 Å². The maximum atomic E-state index is 12.4. The van der Waals surface area contributed by atoms with Crippen molar-refractivity contribution in [2.24, 2.45) is 0 Å². The fourth-order valence-corrected chi connectivity index (χ4v) is 8.10. The van der Waals surface area contributed by atoms with Crippen molar-refractivity contribution in [2.75, 3.05) is 0 Å². The average Bonchev–Trinajstić information content (AvgIpc) is 3.49. The van der Waals surface area contributed by atoms with E-state index in [4.69, 9.17) is 9.47 Å². The largest absolute Gasteiger partial charge is 0.423 e. The molecule has 254 valence electrons. The minimum atomic E-state index is -0.731. The zero-order chi connectivity index (χ0) is 36.4. The summed E-state index contributed by atoms with van der Waals surface area (Å²) < 4.78 is 11.2. The molecule has 0 atom stereocenters. The van der Waals surface area contributed by atoms with E-state index in [1.807, 2.05) is 36.4 Å². The van der Waals surface area contributed by atoms with Crippen LogP contribution in [0.3, 0.4) is 0 Å². The Bertz CT molecular complexity index is 2700. The molecule has 53 heavy (non-hydrogen) atoms. The number of ether oxygens (including phenoxy) is 2. The lowest BCUT2D eigenvalue weighted by Gasteiger charge is -2.36. The van der Waals surface area contributed by atoms with Crippen LogP contribution in [0, 0.1) is 0 Å². The van der Waals surface area contributed by atoms with Gasteiger partial charge in [0.15, 0.2) is 0 Å². The molecular weight excluding hydrogens is 653 g/mol. The lowest BCUT2D eigenvalue weighted by Crippen LogP contribution is -2.29. The molecular formula is C49H34O4. The quantitative estimate of drug-likeness (QED) is 0.0992. The molecule has 0 saturated heterocycles. The van der Waals surface area contributed by atoms with Crippen LogP contribution in [0.1, 0.15) is 36.1 Å². The molecule has 0 fully saturated rings. The molecule has 0 saturated carbocycles. The molecule has 0 aliphatic heterocycles. The summed E-state index contributed by atoms with van der Waals surface area (Å²) >= 11 is 0. The zero-order valence-corrected chi connectivity index (χ0v) is 29.4. The van der Waals surface area contributed by atoms with E-state index >= 15 is 0 Å². The summed E-state index contributed by atoms with van der Waals surface area (Å²) in [6.07, 6.45) is 0. The van der Waals surface area contributed by atoms with Crippen molar-refractivity contribution < 1.29 is 19.1 Å². The summed E-state index contributed by atoms with van der Waals surface area (Å²) in [6.45, 7) is 10.7. The van der Waals surface area contributed by atoms with Crippen molar-refractivity contribution in [2.45, 2.75) is 19.3 Å². The lowest BCUT2D eigenvalue weighted by atomic mass is 9.65. The second-order valence-corrected chi connectivity index (χ2v) is 14.0. The van der Waals surface area contributed by atoms with Crippen molar-refractivity contribution in [3.63, 3.8) is 0 Å². The minimum Gasteiger partial charge on any atom is -0.423 e. The van der Waals surface area contributed by atoms with Gasteiger partial charge in [-0.15, -0.1) is 0 Å². The Balaban J connectivity index is 1.37. The summed E-state index contributed by atoms with van der Waals surface area (Å²) in [5.41, 5.74) is 7.08. The Kier molecular flexibility index (Phi) is 7.39. The average molecular weight is 687 g/mol. The normalized spacial score (nSPS) is 12.8. The first kappa shape index (κ1) is 32.1. The van der Waals surface area contributed by atoms with E-state index in [1.54, 1.807) is 13.8 Å². The molecule has 4 nitrogen and oxygen atoms in total. The molecule has 1 aliphatic rings. The number of carbonyl (C=O) groups is 2. The third kappa shape index (κ3) is 5.06. The maximum Gasteiger partial charge on any atom is 0.338 e. The summed E-state index contributed by atoms with van der Waals surface area (Å²) in [5, 5.41) is 8.68. The van der Waals surface area contributed by atoms with Gasteiger partial charge in [0.25, 0.3) is 0 Å². The molecule has 0 aromatic heterocycles. The highest BCUT2D eigenvalue weighted by molar-refractivity contribution is 6.07. The number of fused-ring (bicyclic) bond motifs is 9. The van der Waals surface area contributed by atoms with Gasteiger partial charge in [-0.3, -0.25) is 0 Å². The smallest absolute Gasteiger partial charge is 0.338 e. The van der Waals surface area contributed by atoms with Gasteiger partial charge in [0.1, 0.15) is 11.5 Å². The summed E-state index contributed by atoms with van der Waals surface area (Å²) in [6, 6.07) is 51.1. The van der Waals surface area contributed by atoms with Gasteiger partial charge in [-0.2, -0.15) is 0 Å². The summed E-state index contributed by atoms with van der Waals surface area (Å²) in [5.74, 6) is 0.0548. The van der Waals surface area contributed by atoms with E-state index in [2.05, 4.69) is 122 Å². The van der Waals surface area contributed by atoms with Crippen molar-refractivity contribution in [1.82, 2.24) is 0 Å². The third-order valence-electron chi connectivity index (χ3n) is 10.5. The molecule has 9 rings (SSSR count). The Morgan fingerprint density at radius 2 is 0.830 bits per heavy atom. The molecule has 0 amide bonds. The number of hydrogen-bond acceptors (Lipinski definition) is 4. The minimum absolute atomic E-state index is 0.347. The van der Waals surface area contributed by atoms with Crippen LogP contribution < -0.4 is 9.47 Å². The van der Waals surface area contributed by atoms with E-state index in [0.29, 0.717) is 22.6 Å². The van der Waals surface area contributed by atoms with Gasteiger partial charge >= 0.3 is 11.9 Å².